The van der Waals surface area contributed by atoms with Gasteiger partial charge in [-0.05, 0) is 81.9 Å². The zero-order valence-electron chi connectivity index (χ0n) is 30.3. The third-order valence-corrected chi connectivity index (χ3v) is 10.8. The Morgan fingerprint density at radius 2 is 0.911 bits per heavy atom. The molecule has 5 nitrogen and oxygen atoms in total. The molecule has 5 heteroatoms. The van der Waals surface area contributed by atoms with Crippen molar-refractivity contribution in [3.05, 3.63) is 200 Å². The van der Waals surface area contributed by atoms with E-state index in [4.69, 9.17) is 15.0 Å². The Labute approximate surface area is 323 Å². The molecule has 0 spiro atoms. The van der Waals surface area contributed by atoms with Crippen molar-refractivity contribution >= 4 is 43.5 Å². The van der Waals surface area contributed by atoms with E-state index < -0.39 is 0 Å². The fourth-order valence-electron chi connectivity index (χ4n) is 8.12. The van der Waals surface area contributed by atoms with Crippen LogP contribution in [0.15, 0.2) is 200 Å². The lowest BCUT2D eigenvalue weighted by molar-refractivity contribution is 1.07. The summed E-state index contributed by atoms with van der Waals surface area (Å²) in [7, 11) is 0. The van der Waals surface area contributed by atoms with Gasteiger partial charge >= 0.3 is 0 Å². The molecule has 0 fully saturated rings. The van der Waals surface area contributed by atoms with E-state index >= 15 is 0 Å². The fraction of sp³-hybridized carbons (Fsp3) is 0. The predicted molar refractivity (Wildman–Crippen MR) is 230 cm³/mol. The Morgan fingerprint density at radius 3 is 1.79 bits per heavy atom. The van der Waals surface area contributed by atoms with Gasteiger partial charge in [0.05, 0.1) is 16.6 Å². The van der Waals surface area contributed by atoms with Crippen molar-refractivity contribution in [2.24, 2.45) is 0 Å². The summed E-state index contributed by atoms with van der Waals surface area (Å²) in [6.07, 6.45) is 2.15. The van der Waals surface area contributed by atoms with Crippen LogP contribution in [0.25, 0.3) is 100 Å². The lowest BCUT2D eigenvalue weighted by Crippen LogP contribution is -2.01. The Kier molecular flexibility index (Phi) is 7.42. The number of nitrogens with zero attached hydrogens (tertiary/aromatic N) is 5. The molecule has 0 amide bonds. The van der Waals surface area contributed by atoms with Gasteiger partial charge in [0.1, 0.15) is 0 Å². The van der Waals surface area contributed by atoms with Gasteiger partial charge in [-0.3, -0.25) is 0 Å². The van der Waals surface area contributed by atoms with Crippen LogP contribution in [0, 0.1) is 0 Å². The standard InChI is InChI=1S/C51H33N5/c1-2-15-36(16-3-1)49-52-50(54-51(53-49)44-24-12-17-34-13-4-6-22-42(34)44)39-19-11-21-41(32-39)56-47-26-9-7-23-43(47)45-33-38(27-28-48(45)56)37-18-10-20-40(31-37)55-30-29-35-14-5-8-25-46(35)55/h1-33H. The summed E-state index contributed by atoms with van der Waals surface area (Å²) in [4.78, 5) is 15.3. The molecule has 0 radical (unpaired) electrons. The number of benzene rings is 8. The maximum absolute atomic E-state index is 5.15. The quantitative estimate of drug-likeness (QED) is 0.172. The Hall–Kier alpha value is -7.63. The molecule has 0 aliphatic carbocycles. The lowest BCUT2D eigenvalue weighted by Gasteiger charge is -2.12. The lowest BCUT2D eigenvalue weighted by atomic mass is 10.0. The summed E-state index contributed by atoms with van der Waals surface area (Å²) in [6, 6.07) is 68.3. The molecule has 11 rings (SSSR count). The van der Waals surface area contributed by atoms with Crippen molar-refractivity contribution in [3.8, 4) is 56.7 Å². The first-order valence-corrected chi connectivity index (χ1v) is 18.9. The van der Waals surface area contributed by atoms with Crippen LogP contribution in [-0.2, 0) is 0 Å². The molecule has 11 aromatic rings. The SMILES string of the molecule is c1ccc(-c2nc(-c3cccc(-n4c5ccccc5c5cc(-c6cccc(-n7ccc8ccccc87)c6)ccc54)c3)nc(-c3cccc4ccccc34)n2)cc1. The largest absolute Gasteiger partial charge is 0.317 e. The van der Waals surface area contributed by atoms with E-state index in [1.54, 1.807) is 0 Å². The molecule has 0 unspecified atom stereocenters. The highest BCUT2D eigenvalue weighted by molar-refractivity contribution is 6.10. The number of para-hydroxylation sites is 2. The van der Waals surface area contributed by atoms with E-state index in [9.17, 15) is 0 Å². The molecule has 262 valence electrons. The summed E-state index contributed by atoms with van der Waals surface area (Å²) in [6.45, 7) is 0. The van der Waals surface area contributed by atoms with Gasteiger partial charge in [0.2, 0.25) is 0 Å². The number of hydrogen-bond donors (Lipinski definition) is 0. The second-order valence-electron chi connectivity index (χ2n) is 14.1. The zero-order chi connectivity index (χ0) is 37.0. The second-order valence-corrected chi connectivity index (χ2v) is 14.1. The minimum Gasteiger partial charge on any atom is -0.317 e. The molecule has 56 heavy (non-hydrogen) atoms. The molecule has 0 aliphatic rings. The Morgan fingerprint density at radius 1 is 0.321 bits per heavy atom. The molecule has 0 N–H and O–H groups in total. The minimum atomic E-state index is 0.627. The second kappa shape index (κ2) is 13.0. The fourth-order valence-corrected chi connectivity index (χ4v) is 8.12. The molecular weight excluding hydrogens is 683 g/mol. The van der Waals surface area contributed by atoms with Crippen LogP contribution in [0.2, 0.25) is 0 Å². The average Bonchev–Trinajstić information content (AvgIpc) is 3.86. The van der Waals surface area contributed by atoms with Crippen LogP contribution < -0.4 is 0 Å². The van der Waals surface area contributed by atoms with Crippen LogP contribution in [0.5, 0.6) is 0 Å². The van der Waals surface area contributed by atoms with Gasteiger partial charge in [0.25, 0.3) is 0 Å². The summed E-state index contributed by atoms with van der Waals surface area (Å²) in [5, 5.41) is 5.88. The molecular formula is C51H33N5. The zero-order valence-corrected chi connectivity index (χ0v) is 30.3. The first-order valence-electron chi connectivity index (χ1n) is 18.9. The monoisotopic (exact) mass is 715 g/mol. The van der Waals surface area contributed by atoms with E-state index in [0.717, 1.165) is 49.9 Å². The van der Waals surface area contributed by atoms with Gasteiger partial charge < -0.3 is 9.13 Å². The average molecular weight is 716 g/mol. The van der Waals surface area contributed by atoms with Crippen LogP contribution in [0.3, 0.4) is 0 Å². The van der Waals surface area contributed by atoms with E-state index in [2.05, 4.69) is 179 Å². The van der Waals surface area contributed by atoms with Gasteiger partial charge in [-0.2, -0.15) is 0 Å². The highest BCUT2D eigenvalue weighted by Crippen LogP contribution is 2.37. The van der Waals surface area contributed by atoms with Crippen LogP contribution >= 0.6 is 0 Å². The highest BCUT2D eigenvalue weighted by atomic mass is 15.0. The van der Waals surface area contributed by atoms with Crippen LogP contribution in [0.4, 0.5) is 0 Å². The van der Waals surface area contributed by atoms with Gasteiger partial charge in [0, 0.05) is 45.0 Å². The topological polar surface area (TPSA) is 48.5 Å². The Balaban J connectivity index is 1.04. The van der Waals surface area contributed by atoms with Crippen molar-refractivity contribution in [1.82, 2.24) is 24.1 Å². The van der Waals surface area contributed by atoms with Crippen molar-refractivity contribution in [2.75, 3.05) is 0 Å². The number of hydrogen-bond acceptors (Lipinski definition) is 3. The summed E-state index contributed by atoms with van der Waals surface area (Å²) in [5.74, 6) is 1.92. The predicted octanol–water partition coefficient (Wildman–Crippen LogP) is 12.7. The molecule has 0 aliphatic heterocycles. The van der Waals surface area contributed by atoms with Crippen LogP contribution in [-0.4, -0.2) is 24.1 Å². The number of aromatic nitrogens is 5. The van der Waals surface area contributed by atoms with Crippen LogP contribution in [0.1, 0.15) is 0 Å². The van der Waals surface area contributed by atoms with Crippen molar-refractivity contribution in [2.45, 2.75) is 0 Å². The number of fused-ring (bicyclic) bond motifs is 5. The summed E-state index contributed by atoms with van der Waals surface area (Å²) in [5.41, 5.74) is 10.8. The maximum atomic E-state index is 5.15. The number of rotatable bonds is 6. The van der Waals surface area contributed by atoms with Gasteiger partial charge in [0.15, 0.2) is 17.5 Å². The first kappa shape index (κ1) is 31.9. The normalized spacial score (nSPS) is 11.6. The summed E-state index contributed by atoms with van der Waals surface area (Å²) < 4.78 is 4.61. The molecule has 8 aromatic carbocycles. The molecule has 0 bridgehead atoms. The minimum absolute atomic E-state index is 0.627. The highest BCUT2D eigenvalue weighted by Gasteiger charge is 2.17. The first-order chi connectivity index (χ1) is 27.7. The van der Waals surface area contributed by atoms with Gasteiger partial charge in [-0.1, -0.05) is 140 Å². The molecule has 0 saturated carbocycles. The van der Waals surface area contributed by atoms with E-state index in [1.165, 1.54) is 32.8 Å². The van der Waals surface area contributed by atoms with Gasteiger partial charge in [-0.15, -0.1) is 0 Å². The molecule has 0 saturated heterocycles. The van der Waals surface area contributed by atoms with E-state index in [1.807, 2.05) is 30.3 Å². The third-order valence-electron chi connectivity index (χ3n) is 10.8. The summed E-state index contributed by atoms with van der Waals surface area (Å²) >= 11 is 0. The van der Waals surface area contributed by atoms with E-state index in [0.29, 0.717) is 17.5 Å². The van der Waals surface area contributed by atoms with Crippen molar-refractivity contribution < 1.29 is 0 Å². The Bertz CT molecular complexity index is 3260. The molecule has 0 atom stereocenters. The molecule has 3 aromatic heterocycles. The van der Waals surface area contributed by atoms with Gasteiger partial charge in [-0.25, -0.2) is 15.0 Å². The van der Waals surface area contributed by atoms with E-state index in [-0.39, 0.29) is 0 Å². The third kappa shape index (κ3) is 5.37. The van der Waals surface area contributed by atoms with Crippen molar-refractivity contribution in [3.63, 3.8) is 0 Å². The van der Waals surface area contributed by atoms with Crippen molar-refractivity contribution in [1.29, 1.82) is 0 Å². The maximum Gasteiger partial charge on any atom is 0.164 e. The smallest absolute Gasteiger partial charge is 0.164 e. The molecule has 3 heterocycles.